The van der Waals surface area contributed by atoms with Gasteiger partial charge in [-0.1, -0.05) is 11.6 Å². The highest BCUT2D eigenvalue weighted by Crippen LogP contribution is 2.23. The highest BCUT2D eigenvalue weighted by molar-refractivity contribution is 9.10. The molecule has 6 nitrogen and oxygen atoms in total. The maximum Gasteiger partial charge on any atom is 0.339 e. The molecule has 3 aromatic heterocycles. The maximum absolute atomic E-state index is 11.7. The molecule has 21 heavy (non-hydrogen) atoms. The maximum atomic E-state index is 11.7. The molecule has 0 spiro atoms. The van der Waals surface area contributed by atoms with E-state index in [1.807, 2.05) is 6.07 Å². The van der Waals surface area contributed by atoms with Crippen LogP contribution in [0.1, 0.15) is 10.4 Å². The molecule has 106 valence electrons. The Labute approximate surface area is 132 Å². The van der Waals surface area contributed by atoms with Crippen LogP contribution in [0.4, 0.5) is 0 Å². The van der Waals surface area contributed by atoms with Crippen LogP contribution >= 0.6 is 27.5 Å². The predicted molar refractivity (Wildman–Crippen MR) is 80.3 cm³/mol. The largest absolute Gasteiger partial charge is 0.465 e. The second-order valence-electron chi connectivity index (χ2n) is 4.15. The van der Waals surface area contributed by atoms with Crippen molar-refractivity contribution in [1.29, 1.82) is 0 Å². The Balaban J connectivity index is 2.22. The summed E-state index contributed by atoms with van der Waals surface area (Å²) >= 11 is 9.45. The van der Waals surface area contributed by atoms with Gasteiger partial charge in [0.15, 0.2) is 11.5 Å². The quantitative estimate of drug-likeness (QED) is 0.651. The molecule has 0 aliphatic heterocycles. The summed E-state index contributed by atoms with van der Waals surface area (Å²) in [6.07, 6.45) is 3.23. The van der Waals surface area contributed by atoms with Crippen molar-refractivity contribution in [3.63, 3.8) is 0 Å². The van der Waals surface area contributed by atoms with E-state index in [9.17, 15) is 4.79 Å². The first-order chi connectivity index (χ1) is 10.1. The zero-order valence-corrected chi connectivity index (χ0v) is 13.1. The van der Waals surface area contributed by atoms with Crippen molar-refractivity contribution < 1.29 is 9.53 Å². The number of pyridine rings is 2. The van der Waals surface area contributed by atoms with Gasteiger partial charge in [0.2, 0.25) is 0 Å². The van der Waals surface area contributed by atoms with E-state index in [4.69, 9.17) is 16.3 Å². The second-order valence-corrected chi connectivity index (χ2v) is 5.47. The minimum atomic E-state index is -0.484. The molecule has 0 aliphatic carbocycles. The van der Waals surface area contributed by atoms with Crippen LogP contribution in [0.25, 0.3) is 17.2 Å². The van der Waals surface area contributed by atoms with Gasteiger partial charge in [-0.3, -0.25) is 9.38 Å². The van der Waals surface area contributed by atoms with Crippen LogP contribution in [0.5, 0.6) is 0 Å². The lowest BCUT2D eigenvalue weighted by atomic mass is 10.2. The van der Waals surface area contributed by atoms with E-state index in [-0.39, 0.29) is 0 Å². The van der Waals surface area contributed by atoms with Crippen LogP contribution in [-0.2, 0) is 4.74 Å². The number of ether oxygens (including phenoxy) is 1. The second kappa shape index (κ2) is 5.42. The number of carbonyl (C=O) groups excluding carboxylic acids is 1. The van der Waals surface area contributed by atoms with E-state index in [1.54, 1.807) is 22.9 Å². The number of hydrogen-bond donors (Lipinski definition) is 0. The van der Waals surface area contributed by atoms with Gasteiger partial charge in [-0.25, -0.2) is 4.79 Å². The molecular formula is C13H8BrClN4O2. The van der Waals surface area contributed by atoms with Crippen molar-refractivity contribution in [2.45, 2.75) is 0 Å². The van der Waals surface area contributed by atoms with Gasteiger partial charge in [0.05, 0.1) is 17.7 Å². The van der Waals surface area contributed by atoms with Gasteiger partial charge in [-0.2, -0.15) is 0 Å². The minimum absolute atomic E-state index is 0.313. The Hall–Kier alpha value is -1.99. The third-order valence-electron chi connectivity index (χ3n) is 2.84. The number of nitrogens with zero attached hydrogens (tertiary/aromatic N) is 4. The van der Waals surface area contributed by atoms with E-state index < -0.39 is 5.97 Å². The number of rotatable bonds is 2. The Bertz CT molecular complexity index is 832. The van der Waals surface area contributed by atoms with E-state index in [0.717, 1.165) is 4.47 Å². The Morgan fingerprint density at radius 3 is 2.86 bits per heavy atom. The molecule has 0 fully saturated rings. The van der Waals surface area contributed by atoms with E-state index >= 15 is 0 Å². The van der Waals surface area contributed by atoms with E-state index in [1.165, 1.54) is 13.2 Å². The molecule has 3 rings (SSSR count). The molecule has 0 atom stereocenters. The number of carbonyl (C=O) groups is 1. The fourth-order valence-electron chi connectivity index (χ4n) is 1.87. The summed E-state index contributed by atoms with van der Waals surface area (Å²) in [6, 6.07) is 5.13. The van der Waals surface area contributed by atoms with Gasteiger partial charge in [-0.05, 0) is 34.1 Å². The summed E-state index contributed by atoms with van der Waals surface area (Å²) in [4.78, 5) is 15.9. The molecule has 0 radical (unpaired) electrons. The summed E-state index contributed by atoms with van der Waals surface area (Å²) < 4.78 is 7.18. The van der Waals surface area contributed by atoms with E-state index in [0.29, 0.717) is 27.8 Å². The third kappa shape index (κ3) is 2.50. The molecule has 0 bridgehead atoms. The predicted octanol–water partition coefficient (Wildman–Crippen LogP) is 2.99. The fraction of sp³-hybridized carbons (Fsp3) is 0.0769. The van der Waals surface area contributed by atoms with Crippen LogP contribution in [0, 0.1) is 0 Å². The van der Waals surface area contributed by atoms with Crippen molar-refractivity contribution in [1.82, 2.24) is 19.6 Å². The summed E-state index contributed by atoms with van der Waals surface area (Å²) in [6.45, 7) is 0. The highest BCUT2D eigenvalue weighted by Gasteiger charge is 2.16. The molecule has 3 heterocycles. The van der Waals surface area contributed by atoms with Gasteiger partial charge in [0.1, 0.15) is 5.69 Å². The molecule has 0 aliphatic rings. The van der Waals surface area contributed by atoms with Crippen molar-refractivity contribution in [3.05, 3.63) is 45.7 Å². The van der Waals surface area contributed by atoms with Crippen LogP contribution in [-0.4, -0.2) is 32.7 Å². The number of aromatic nitrogens is 4. The lowest BCUT2D eigenvalue weighted by molar-refractivity contribution is 0.0600. The lowest BCUT2D eigenvalue weighted by Gasteiger charge is -2.04. The van der Waals surface area contributed by atoms with E-state index in [2.05, 4.69) is 31.1 Å². The Morgan fingerprint density at radius 2 is 2.19 bits per heavy atom. The number of halogens is 2. The first kappa shape index (κ1) is 14.0. The number of methoxy groups -OCH3 is 1. The highest BCUT2D eigenvalue weighted by atomic mass is 79.9. The molecule has 0 amide bonds. The monoisotopic (exact) mass is 366 g/mol. The van der Waals surface area contributed by atoms with Crippen LogP contribution in [0.3, 0.4) is 0 Å². The SMILES string of the molecule is COC(=O)c1cc(Cl)c2nnc(-c3ccc(Br)cn3)n2c1. The average molecular weight is 368 g/mol. The number of esters is 1. The molecule has 0 unspecified atom stereocenters. The summed E-state index contributed by atoms with van der Waals surface area (Å²) in [7, 11) is 1.31. The average Bonchev–Trinajstić information content (AvgIpc) is 2.91. The molecule has 0 saturated heterocycles. The fourth-order valence-corrected chi connectivity index (χ4v) is 2.35. The summed E-state index contributed by atoms with van der Waals surface area (Å²) in [5.74, 6) is 0.00682. The third-order valence-corrected chi connectivity index (χ3v) is 3.58. The van der Waals surface area contributed by atoms with Crippen LogP contribution < -0.4 is 0 Å². The van der Waals surface area contributed by atoms with Crippen molar-refractivity contribution in [3.8, 4) is 11.5 Å². The van der Waals surface area contributed by atoms with Gasteiger partial charge in [0.25, 0.3) is 0 Å². The summed E-state index contributed by atoms with van der Waals surface area (Å²) in [5, 5.41) is 8.42. The van der Waals surface area contributed by atoms with Gasteiger partial charge in [0, 0.05) is 16.9 Å². The van der Waals surface area contributed by atoms with Crippen LogP contribution in [0.15, 0.2) is 35.1 Å². The smallest absolute Gasteiger partial charge is 0.339 e. The van der Waals surface area contributed by atoms with Gasteiger partial charge < -0.3 is 4.74 Å². The van der Waals surface area contributed by atoms with Crippen LogP contribution in [0.2, 0.25) is 5.02 Å². The minimum Gasteiger partial charge on any atom is -0.465 e. The molecule has 8 heteroatoms. The lowest BCUT2D eigenvalue weighted by Crippen LogP contribution is -2.04. The van der Waals surface area contributed by atoms with Crippen molar-refractivity contribution in [2.24, 2.45) is 0 Å². The summed E-state index contributed by atoms with van der Waals surface area (Å²) in [5.41, 5.74) is 1.38. The topological polar surface area (TPSA) is 69.4 Å². The normalized spacial score (nSPS) is 10.8. The molecule has 0 N–H and O–H groups in total. The number of fused-ring (bicyclic) bond motifs is 1. The van der Waals surface area contributed by atoms with Crippen molar-refractivity contribution in [2.75, 3.05) is 7.11 Å². The van der Waals surface area contributed by atoms with Gasteiger partial charge >= 0.3 is 5.97 Å². The standard InChI is InChI=1S/C13H8BrClN4O2/c1-21-13(20)7-4-9(15)11-17-18-12(19(11)6-7)10-3-2-8(14)5-16-10/h2-6H,1H3. The number of hydrogen-bond acceptors (Lipinski definition) is 5. The Kier molecular flexibility index (Phi) is 3.60. The zero-order valence-electron chi connectivity index (χ0n) is 10.7. The first-order valence-corrected chi connectivity index (χ1v) is 7.02. The van der Waals surface area contributed by atoms with Crippen molar-refractivity contribution >= 4 is 39.1 Å². The Morgan fingerprint density at radius 1 is 1.38 bits per heavy atom. The molecule has 0 aromatic carbocycles. The van der Waals surface area contributed by atoms with Gasteiger partial charge in [-0.15, -0.1) is 10.2 Å². The first-order valence-electron chi connectivity index (χ1n) is 5.84. The molecule has 0 saturated carbocycles. The molecule has 3 aromatic rings. The molecular weight excluding hydrogens is 360 g/mol. The zero-order chi connectivity index (χ0) is 15.0.